The Labute approximate surface area is 83.6 Å². The number of carbonyl (C=O) groups is 1. The molecule has 14 heavy (non-hydrogen) atoms. The van der Waals surface area contributed by atoms with Gasteiger partial charge in [0, 0.05) is 13.5 Å². The molecule has 82 valence electrons. The van der Waals surface area contributed by atoms with Crippen molar-refractivity contribution in [3.63, 3.8) is 0 Å². The molecule has 0 bridgehead atoms. The van der Waals surface area contributed by atoms with Crippen molar-refractivity contribution >= 4 is 15.7 Å². The highest BCUT2D eigenvalue weighted by Crippen LogP contribution is 2.17. The Morgan fingerprint density at radius 2 is 2.07 bits per heavy atom. The second-order valence-electron chi connectivity index (χ2n) is 3.57. The van der Waals surface area contributed by atoms with Crippen LogP contribution in [-0.4, -0.2) is 55.0 Å². The van der Waals surface area contributed by atoms with E-state index < -0.39 is 22.0 Å². The Kier molecular flexibility index (Phi) is 3.16. The fourth-order valence-corrected chi connectivity index (χ4v) is 3.46. The molecular weight excluding hydrogens is 206 g/mol. The van der Waals surface area contributed by atoms with Crippen molar-refractivity contribution in [2.24, 2.45) is 0 Å². The summed E-state index contributed by atoms with van der Waals surface area (Å²) in [6.07, 6.45) is -0.625. The minimum atomic E-state index is -3.18. The Balaban J connectivity index is 2.76. The van der Waals surface area contributed by atoms with Gasteiger partial charge in [-0.1, -0.05) is 6.92 Å². The van der Waals surface area contributed by atoms with Crippen LogP contribution in [0.25, 0.3) is 0 Å². The summed E-state index contributed by atoms with van der Waals surface area (Å²) >= 11 is 0. The molecule has 1 heterocycles. The Morgan fingerprint density at radius 3 is 2.43 bits per heavy atom. The molecule has 0 spiro atoms. The van der Waals surface area contributed by atoms with Gasteiger partial charge in [0.05, 0.1) is 23.7 Å². The molecule has 1 aliphatic heterocycles. The van der Waals surface area contributed by atoms with Crippen LogP contribution in [-0.2, 0) is 14.6 Å². The van der Waals surface area contributed by atoms with Gasteiger partial charge in [-0.2, -0.15) is 0 Å². The van der Waals surface area contributed by atoms with Gasteiger partial charge in [0.15, 0.2) is 9.84 Å². The molecule has 1 rings (SSSR count). The summed E-state index contributed by atoms with van der Waals surface area (Å²) in [4.78, 5) is 12.6. The average molecular weight is 221 g/mol. The van der Waals surface area contributed by atoms with Crippen molar-refractivity contribution in [1.29, 1.82) is 0 Å². The van der Waals surface area contributed by atoms with E-state index in [-0.39, 0.29) is 17.4 Å². The second kappa shape index (κ2) is 3.86. The topological polar surface area (TPSA) is 74.7 Å². The van der Waals surface area contributed by atoms with Crippen LogP contribution < -0.4 is 0 Å². The maximum atomic E-state index is 11.3. The Hall–Kier alpha value is -0.620. The average Bonchev–Trinajstić information content (AvgIpc) is 2.37. The van der Waals surface area contributed by atoms with Gasteiger partial charge < -0.3 is 10.0 Å². The summed E-state index contributed by atoms with van der Waals surface area (Å²) in [7, 11) is -1.65. The van der Waals surface area contributed by atoms with E-state index >= 15 is 0 Å². The molecule has 0 saturated carbocycles. The molecule has 1 N–H and O–H groups in total. The van der Waals surface area contributed by atoms with Gasteiger partial charge in [-0.3, -0.25) is 4.79 Å². The minimum absolute atomic E-state index is 0.129. The van der Waals surface area contributed by atoms with Crippen LogP contribution in [0.4, 0.5) is 0 Å². The quantitative estimate of drug-likeness (QED) is 0.650. The van der Waals surface area contributed by atoms with Crippen LogP contribution in [0.15, 0.2) is 0 Å². The molecule has 1 aliphatic rings. The zero-order valence-electron chi connectivity index (χ0n) is 8.30. The maximum Gasteiger partial charge on any atom is 0.222 e. The summed E-state index contributed by atoms with van der Waals surface area (Å²) < 4.78 is 22.3. The summed E-state index contributed by atoms with van der Waals surface area (Å²) in [6.45, 7) is 1.70. The molecule has 0 radical (unpaired) electrons. The number of sulfone groups is 1. The van der Waals surface area contributed by atoms with Crippen LogP contribution in [0.3, 0.4) is 0 Å². The highest BCUT2D eigenvalue weighted by atomic mass is 32.2. The molecular formula is C8H15NO4S. The number of nitrogens with zero attached hydrogens (tertiary/aromatic N) is 1. The van der Waals surface area contributed by atoms with E-state index in [0.717, 1.165) is 0 Å². The predicted molar refractivity (Wildman–Crippen MR) is 51.5 cm³/mol. The van der Waals surface area contributed by atoms with Crippen LogP contribution in [0, 0.1) is 0 Å². The third kappa shape index (κ3) is 2.24. The third-order valence-electron chi connectivity index (χ3n) is 2.49. The van der Waals surface area contributed by atoms with Gasteiger partial charge in [0.2, 0.25) is 5.91 Å². The van der Waals surface area contributed by atoms with Crippen molar-refractivity contribution in [2.75, 3.05) is 18.6 Å². The molecule has 1 amide bonds. The Morgan fingerprint density at radius 1 is 1.50 bits per heavy atom. The number of hydrogen-bond donors (Lipinski definition) is 1. The van der Waals surface area contributed by atoms with Crippen LogP contribution in [0.1, 0.15) is 13.3 Å². The zero-order valence-corrected chi connectivity index (χ0v) is 9.12. The predicted octanol–water partition coefficient (Wildman–Crippen LogP) is -0.987. The SMILES string of the molecule is CCC(=O)N(C)[C@@H]1CS(=O)(=O)C[C@H]1O. The lowest BCUT2D eigenvalue weighted by molar-refractivity contribution is -0.132. The van der Waals surface area contributed by atoms with Crippen LogP contribution in [0.5, 0.6) is 0 Å². The number of carbonyl (C=O) groups excluding carboxylic acids is 1. The van der Waals surface area contributed by atoms with Gasteiger partial charge in [0.1, 0.15) is 0 Å². The van der Waals surface area contributed by atoms with E-state index in [9.17, 15) is 18.3 Å². The van der Waals surface area contributed by atoms with Crippen molar-refractivity contribution in [3.8, 4) is 0 Å². The number of amides is 1. The molecule has 0 aromatic carbocycles. The number of aliphatic hydroxyl groups excluding tert-OH is 1. The largest absolute Gasteiger partial charge is 0.390 e. The first kappa shape index (κ1) is 11.5. The van der Waals surface area contributed by atoms with Crippen molar-refractivity contribution in [1.82, 2.24) is 4.90 Å². The lowest BCUT2D eigenvalue weighted by Crippen LogP contribution is -2.43. The van der Waals surface area contributed by atoms with Gasteiger partial charge in [-0.25, -0.2) is 8.42 Å². The molecule has 5 nitrogen and oxygen atoms in total. The van der Waals surface area contributed by atoms with E-state index in [1.165, 1.54) is 11.9 Å². The summed E-state index contributed by atoms with van der Waals surface area (Å²) in [5.41, 5.74) is 0. The number of hydrogen-bond acceptors (Lipinski definition) is 4. The Bertz CT molecular complexity index is 324. The van der Waals surface area contributed by atoms with Gasteiger partial charge in [-0.15, -0.1) is 0 Å². The second-order valence-corrected chi connectivity index (χ2v) is 5.72. The number of likely N-dealkylation sites (N-methyl/N-ethyl adjacent to an activating group) is 1. The lowest BCUT2D eigenvalue weighted by Gasteiger charge is -2.25. The summed E-state index contributed by atoms with van der Waals surface area (Å²) in [5.74, 6) is -0.513. The standard InChI is InChI=1S/C8H15NO4S/c1-3-8(11)9(2)6-4-14(12,13)5-7(6)10/h6-7,10H,3-5H2,1-2H3/t6-,7-/m1/s1. The van der Waals surface area contributed by atoms with Crippen LogP contribution >= 0.6 is 0 Å². The highest BCUT2D eigenvalue weighted by Gasteiger charge is 2.39. The fraction of sp³-hybridized carbons (Fsp3) is 0.875. The molecule has 0 unspecified atom stereocenters. The smallest absolute Gasteiger partial charge is 0.222 e. The zero-order chi connectivity index (χ0) is 10.9. The maximum absolute atomic E-state index is 11.3. The van der Waals surface area contributed by atoms with Gasteiger partial charge in [0.25, 0.3) is 0 Å². The van der Waals surface area contributed by atoms with E-state index in [2.05, 4.69) is 0 Å². The summed E-state index contributed by atoms with van der Waals surface area (Å²) in [5, 5.41) is 9.47. The molecule has 2 atom stereocenters. The lowest BCUT2D eigenvalue weighted by atomic mass is 10.2. The van der Waals surface area contributed by atoms with Crippen LogP contribution in [0.2, 0.25) is 0 Å². The first-order chi connectivity index (χ1) is 6.37. The summed E-state index contributed by atoms with van der Waals surface area (Å²) in [6, 6.07) is -0.576. The monoisotopic (exact) mass is 221 g/mol. The molecule has 6 heteroatoms. The normalized spacial score (nSPS) is 30.2. The number of rotatable bonds is 2. The molecule has 1 saturated heterocycles. The highest BCUT2D eigenvalue weighted by molar-refractivity contribution is 7.91. The minimum Gasteiger partial charge on any atom is -0.390 e. The molecule has 0 aromatic heterocycles. The molecule has 0 aliphatic carbocycles. The van der Waals surface area contributed by atoms with Crippen molar-refractivity contribution in [3.05, 3.63) is 0 Å². The third-order valence-corrected chi connectivity index (χ3v) is 4.19. The van der Waals surface area contributed by atoms with Gasteiger partial charge in [-0.05, 0) is 0 Å². The first-order valence-electron chi connectivity index (χ1n) is 4.51. The van der Waals surface area contributed by atoms with E-state index in [0.29, 0.717) is 6.42 Å². The van der Waals surface area contributed by atoms with E-state index in [4.69, 9.17) is 0 Å². The fourth-order valence-electron chi connectivity index (χ4n) is 1.61. The van der Waals surface area contributed by atoms with Gasteiger partial charge >= 0.3 is 0 Å². The van der Waals surface area contributed by atoms with E-state index in [1.54, 1.807) is 6.92 Å². The van der Waals surface area contributed by atoms with E-state index in [1.807, 2.05) is 0 Å². The van der Waals surface area contributed by atoms with Crippen molar-refractivity contribution < 1.29 is 18.3 Å². The number of aliphatic hydroxyl groups is 1. The molecule has 0 aromatic rings. The first-order valence-corrected chi connectivity index (χ1v) is 6.33. The van der Waals surface area contributed by atoms with Crippen molar-refractivity contribution in [2.45, 2.75) is 25.5 Å². The molecule has 1 fully saturated rings.